The van der Waals surface area contributed by atoms with Gasteiger partial charge in [-0.25, -0.2) is 4.98 Å². The molecule has 106 valence electrons. The first-order valence-electron chi connectivity index (χ1n) is 6.88. The first-order valence-corrected chi connectivity index (χ1v) is 6.88. The van der Waals surface area contributed by atoms with Crippen molar-refractivity contribution in [2.24, 2.45) is 0 Å². The minimum atomic E-state index is -0.129. The minimum Gasteiger partial charge on any atom is -0.469 e. The van der Waals surface area contributed by atoms with Crippen molar-refractivity contribution >= 4 is 5.97 Å². The smallest absolute Gasteiger partial charge is 0.307 e. The molecule has 0 saturated heterocycles. The zero-order chi connectivity index (χ0) is 13.6. The molecule has 0 spiro atoms. The number of nitrogens with zero attached hydrogens (tertiary/aromatic N) is 3. The molecule has 1 saturated carbocycles. The summed E-state index contributed by atoms with van der Waals surface area (Å²) in [6.45, 7) is 1.56. The van der Waals surface area contributed by atoms with Gasteiger partial charge in [0.1, 0.15) is 12.7 Å². The molecule has 1 N–H and O–H groups in total. The van der Waals surface area contributed by atoms with Gasteiger partial charge in [0.15, 0.2) is 0 Å². The first kappa shape index (κ1) is 14.0. The highest BCUT2D eigenvalue weighted by Gasteiger charge is 2.34. The van der Waals surface area contributed by atoms with Crippen molar-refractivity contribution < 1.29 is 9.53 Å². The van der Waals surface area contributed by atoms with E-state index in [-0.39, 0.29) is 11.5 Å². The SMILES string of the molecule is COC(=O)CC1(NCCn2cncn2)CCCCC1. The molecule has 1 heterocycles. The molecule has 0 radical (unpaired) electrons. The monoisotopic (exact) mass is 266 g/mol. The summed E-state index contributed by atoms with van der Waals surface area (Å²) < 4.78 is 6.62. The van der Waals surface area contributed by atoms with E-state index in [2.05, 4.69) is 15.4 Å². The Morgan fingerprint density at radius 1 is 1.42 bits per heavy atom. The van der Waals surface area contributed by atoms with E-state index in [1.807, 2.05) is 0 Å². The molecule has 0 unspecified atom stereocenters. The molecule has 6 nitrogen and oxygen atoms in total. The summed E-state index contributed by atoms with van der Waals surface area (Å²) in [5.74, 6) is -0.129. The highest BCUT2D eigenvalue weighted by molar-refractivity contribution is 5.70. The van der Waals surface area contributed by atoms with E-state index in [4.69, 9.17) is 4.74 Å². The summed E-state index contributed by atoms with van der Waals surface area (Å²) in [5, 5.41) is 7.62. The van der Waals surface area contributed by atoms with Gasteiger partial charge in [0, 0.05) is 12.1 Å². The van der Waals surface area contributed by atoms with E-state index in [0.717, 1.165) is 25.9 Å². The maximum Gasteiger partial charge on any atom is 0.307 e. The zero-order valence-corrected chi connectivity index (χ0v) is 11.5. The maximum atomic E-state index is 11.6. The summed E-state index contributed by atoms with van der Waals surface area (Å²) in [6, 6.07) is 0. The summed E-state index contributed by atoms with van der Waals surface area (Å²) >= 11 is 0. The van der Waals surface area contributed by atoms with E-state index in [9.17, 15) is 4.79 Å². The molecule has 1 aliphatic carbocycles. The Hall–Kier alpha value is -1.43. The third kappa shape index (κ3) is 4.02. The number of carbonyl (C=O) groups is 1. The number of hydrogen-bond acceptors (Lipinski definition) is 5. The van der Waals surface area contributed by atoms with Crippen molar-refractivity contribution in [2.75, 3.05) is 13.7 Å². The molecule has 1 fully saturated rings. The number of rotatable bonds is 6. The largest absolute Gasteiger partial charge is 0.469 e. The van der Waals surface area contributed by atoms with Gasteiger partial charge in [0.05, 0.1) is 20.1 Å². The number of nitrogens with one attached hydrogen (secondary N) is 1. The van der Waals surface area contributed by atoms with Gasteiger partial charge in [0.2, 0.25) is 0 Å². The van der Waals surface area contributed by atoms with Crippen LogP contribution in [0.5, 0.6) is 0 Å². The topological polar surface area (TPSA) is 69.0 Å². The van der Waals surface area contributed by atoms with Crippen molar-refractivity contribution in [3.63, 3.8) is 0 Å². The Labute approximate surface area is 113 Å². The van der Waals surface area contributed by atoms with Crippen LogP contribution in [0.3, 0.4) is 0 Å². The van der Waals surface area contributed by atoms with E-state index in [1.54, 1.807) is 11.0 Å². The van der Waals surface area contributed by atoms with Gasteiger partial charge in [0.25, 0.3) is 0 Å². The van der Waals surface area contributed by atoms with Gasteiger partial charge in [-0.15, -0.1) is 0 Å². The first-order chi connectivity index (χ1) is 9.24. The predicted octanol–water partition coefficient (Wildman–Crippen LogP) is 1.13. The molecule has 1 aromatic heterocycles. The second-order valence-corrected chi connectivity index (χ2v) is 5.18. The molecule has 0 amide bonds. The summed E-state index contributed by atoms with van der Waals surface area (Å²) in [6.07, 6.45) is 9.38. The number of aromatic nitrogens is 3. The number of ether oxygens (including phenoxy) is 1. The van der Waals surface area contributed by atoms with E-state index < -0.39 is 0 Å². The number of methoxy groups -OCH3 is 1. The van der Waals surface area contributed by atoms with Gasteiger partial charge < -0.3 is 10.1 Å². The van der Waals surface area contributed by atoms with Crippen LogP contribution in [0.25, 0.3) is 0 Å². The number of esters is 1. The number of carbonyl (C=O) groups excluding carboxylic acids is 1. The third-order valence-corrected chi connectivity index (χ3v) is 3.83. The molecule has 19 heavy (non-hydrogen) atoms. The van der Waals surface area contributed by atoms with E-state index >= 15 is 0 Å². The molecule has 0 bridgehead atoms. The Morgan fingerprint density at radius 2 is 2.21 bits per heavy atom. The predicted molar refractivity (Wildman–Crippen MR) is 70.5 cm³/mol. The lowest BCUT2D eigenvalue weighted by molar-refractivity contribution is -0.142. The highest BCUT2D eigenvalue weighted by atomic mass is 16.5. The van der Waals surface area contributed by atoms with Gasteiger partial charge in [-0.05, 0) is 12.8 Å². The second kappa shape index (κ2) is 6.65. The second-order valence-electron chi connectivity index (χ2n) is 5.18. The summed E-state index contributed by atoms with van der Waals surface area (Å²) in [7, 11) is 1.45. The van der Waals surface area contributed by atoms with Crippen molar-refractivity contribution in [1.29, 1.82) is 0 Å². The molecule has 1 aliphatic rings. The molecule has 0 atom stereocenters. The summed E-state index contributed by atoms with van der Waals surface area (Å²) in [5.41, 5.74) is -0.0913. The van der Waals surface area contributed by atoms with Crippen molar-refractivity contribution in [2.45, 2.75) is 50.6 Å². The fourth-order valence-electron chi connectivity index (χ4n) is 2.78. The van der Waals surface area contributed by atoms with Crippen LogP contribution in [0.15, 0.2) is 12.7 Å². The fourth-order valence-corrected chi connectivity index (χ4v) is 2.78. The van der Waals surface area contributed by atoms with Crippen LogP contribution in [0, 0.1) is 0 Å². The fraction of sp³-hybridized carbons (Fsp3) is 0.769. The van der Waals surface area contributed by atoms with Crippen LogP contribution in [-0.4, -0.2) is 39.9 Å². The Bertz CT molecular complexity index is 385. The molecule has 0 aromatic carbocycles. The molecule has 6 heteroatoms. The lowest BCUT2D eigenvalue weighted by atomic mass is 9.79. The zero-order valence-electron chi connectivity index (χ0n) is 11.5. The van der Waals surface area contributed by atoms with Crippen molar-refractivity contribution in [3.05, 3.63) is 12.7 Å². The van der Waals surface area contributed by atoms with Gasteiger partial charge >= 0.3 is 5.97 Å². The van der Waals surface area contributed by atoms with Crippen LogP contribution in [-0.2, 0) is 16.1 Å². The average molecular weight is 266 g/mol. The van der Waals surface area contributed by atoms with Crippen LogP contribution in [0.4, 0.5) is 0 Å². The van der Waals surface area contributed by atoms with Crippen LogP contribution in [0.1, 0.15) is 38.5 Å². The van der Waals surface area contributed by atoms with E-state index in [1.165, 1.54) is 32.7 Å². The Morgan fingerprint density at radius 3 is 2.84 bits per heavy atom. The standard InChI is InChI=1S/C13H22N4O2/c1-19-12(18)9-13(5-3-2-4-6-13)15-7-8-17-11-14-10-16-17/h10-11,15H,2-9H2,1H3. The third-order valence-electron chi connectivity index (χ3n) is 3.83. The molecular weight excluding hydrogens is 244 g/mol. The average Bonchev–Trinajstić information content (AvgIpc) is 2.93. The molecule has 1 aromatic rings. The molecular formula is C13H22N4O2. The van der Waals surface area contributed by atoms with Crippen LogP contribution in [0.2, 0.25) is 0 Å². The van der Waals surface area contributed by atoms with E-state index in [0.29, 0.717) is 6.42 Å². The summed E-state index contributed by atoms with van der Waals surface area (Å²) in [4.78, 5) is 15.5. The van der Waals surface area contributed by atoms with Crippen molar-refractivity contribution in [3.8, 4) is 0 Å². The quantitative estimate of drug-likeness (QED) is 0.782. The lowest BCUT2D eigenvalue weighted by Crippen LogP contribution is -2.49. The van der Waals surface area contributed by atoms with Crippen LogP contribution >= 0.6 is 0 Å². The van der Waals surface area contributed by atoms with Gasteiger partial charge in [-0.2, -0.15) is 5.10 Å². The Balaban J connectivity index is 1.87. The van der Waals surface area contributed by atoms with Gasteiger partial charge in [-0.1, -0.05) is 19.3 Å². The van der Waals surface area contributed by atoms with Crippen LogP contribution < -0.4 is 5.32 Å². The number of hydrogen-bond donors (Lipinski definition) is 1. The Kier molecular flexibility index (Phi) is 4.90. The lowest BCUT2D eigenvalue weighted by Gasteiger charge is -2.37. The normalized spacial score (nSPS) is 18.2. The minimum absolute atomic E-state index is 0.0913. The maximum absolute atomic E-state index is 11.6. The van der Waals surface area contributed by atoms with Gasteiger partial charge in [-0.3, -0.25) is 9.48 Å². The van der Waals surface area contributed by atoms with Crippen molar-refractivity contribution in [1.82, 2.24) is 20.1 Å². The highest BCUT2D eigenvalue weighted by Crippen LogP contribution is 2.31. The molecule has 2 rings (SSSR count). The molecule has 0 aliphatic heterocycles.